The molecule has 272 valence electrons. The van der Waals surface area contributed by atoms with E-state index >= 15 is 0 Å². The predicted molar refractivity (Wildman–Crippen MR) is 97.8 cm³/mol. The third kappa shape index (κ3) is 7.10. The van der Waals surface area contributed by atoms with Gasteiger partial charge in [-0.15, -0.1) is 0 Å². The van der Waals surface area contributed by atoms with Crippen molar-refractivity contribution in [1.29, 1.82) is 0 Å². The molecule has 0 aliphatic rings. The van der Waals surface area contributed by atoms with Gasteiger partial charge in [0.15, 0.2) is 5.79 Å². The summed E-state index contributed by atoms with van der Waals surface area (Å²) in [5.41, 5.74) is 0. The fraction of sp³-hybridized carbons (Fsp3) is 1.00. The molecular weight excluding hydrogens is 713 g/mol. The highest BCUT2D eigenvalue weighted by atomic mass is 19.4. The van der Waals surface area contributed by atoms with Crippen LogP contribution in [0.1, 0.15) is 26.7 Å². The lowest BCUT2D eigenvalue weighted by Crippen LogP contribution is -2.70. The molecule has 0 aliphatic heterocycles. The first-order chi connectivity index (χ1) is 19.2. The van der Waals surface area contributed by atoms with Crippen LogP contribution >= 0.6 is 0 Å². The maximum Gasteiger partial charge on any atom is 0.460 e. The third-order valence-electron chi connectivity index (χ3n) is 5.73. The van der Waals surface area contributed by atoms with Gasteiger partial charge in [0.05, 0.1) is 19.8 Å². The van der Waals surface area contributed by atoms with E-state index in [1.807, 2.05) is 0 Å². The van der Waals surface area contributed by atoms with E-state index in [2.05, 4.69) is 9.47 Å². The van der Waals surface area contributed by atoms with Crippen LogP contribution in [0.15, 0.2) is 0 Å². The molecule has 0 aromatic rings. The van der Waals surface area contributed by atoms with Crippen LogP contribution in [0.4, 0.5) is 101 Å². The molecule has 0 saturated carbocycles. The van der Waals surface area contributed by atoms with Crippen LogP contribution in [0, 0.1) is 0 Å². The van der Waals surface area contributed by atoms with Gasteiger partial charge in [-0.3, -0.25) is 0 Å². The van der Waals surface area contributed by atoms with Gasteiger partial charge < -0.3 is 14.6 Å². The zero-order chi connectivity index (χ0) is 36.9. The Labute approximate surface area is 234 Å². The van der Waals surface area contributed by atoms with Crippen molar-refractivity contribution in [2.75, 3.05) is 19.8 Å². The number of halogens is 23. The topological polar surface area (TPSA) is 38.7 Å². The second kappa shape index (κ2) is 12.1. The molecule has 0 amide bonds. The first kappa shape index (κ1) is 43.3. The van der Waals surface area contributed by atoms with E-state index in [1.165, 1.54) is 0 Å². The lowest BCUT2D eigenvalue weighted by Gasteiger charge is -2.40. The van der Waals surface area contributed by atoms with Crippen LogP contribution in [-0.2, 0) is 9.47 Å². The summed E-state index contributed by atoms with van der Waals surface area (Å²) < 4.78 is 312. The summed E-state index contributed by atoms with van der Waals surface area (Å²) in [5.74, 6) is -76.5. The number of hydrogen-bond acceptors (Lipinski definition) is 3. The van der Waals surface area contributed by atoms with Crippen LogP contribution in [0.3, 0.4) is 0 Å². The van der Waals surface area contributed by atoms with Gasteiger partial charge in [0.2, 0.25) is 0 Å². The zero-order valence-corrected chi connectivity index (χ0v) is 21.5. The van der Waals surface area contributed by atoms with Crippen molar-refractivity contribution in [2.45, 2.75) is 97.9 Å². The number of hydrogen-bond donors (Lipinski definition) is 1. The fourth-order valence-corrected chi connectivity index (χ4v) is 2.74. The van der Waals surface area contributed by atoms with Crippen LogP contribution in [0.25, 0.3) is 0 Å². The summed E-state index contributed by atoms with van der Waals surface area (Å²) in [4.78, 5) is 0. The summed E-state index contributed by atoms with van der Waals surface area (Å²) >= 11 is 0. The van der Waals surface area contributed by atoms with Gasteiger partial charge in [0.25, 0.3) is 0 Å². The van der Waals surface area contributed by atoms with Gasteiger partial charge in [-0.25, -0.2) is 0 Å². The van der Waals surface area contributed by atoms with Crippen molar-refractivity contribution in [3.8, 4) is 0 Å². The molecule has 0 aromatic heterocycles. The molecule has 26 heteroatoms. The molecule has 0 rings (SSSR count). The number of ether oxygens (including phenoxy) is 2. The summed E-state index contributed by atoms with van der Waals surface area (Å²) in [6.45, 7) is -7.27. The van der Waals surface area contributed by atoms with Crippen LogP contribution in [0.5, 0.6) is 0 Å². The molecule has 0 aliphatic carbocycles. The SMILES string of the molecule is CC(CO)(OCCC(F)(F)C(F)(F)C(F)(F)C(F)(F)C(C)(F)F)OCCC(F)(F)C(F)(F)C(F)(F)C(F)(F)C(F)(F)C(F)(F)F. The maximum atomic E-state index is 13.8. The Kier molecular flexibility index (Phi) is 11.6. The molecule has 1 N–H and O–H groups in total. The minimum atomic E-state index is -8.24. The smallest absolute Gasteiger partial charge is 0.391 e. The highest BCUT2D eigenvalue weighted by Crippen LogP contribution is 2.61. The Morgan fingerprint density at radius 1 is 0.400 bits per heavy atom. The minimum Gasteiger partial charge on any atom is -0.391 e. The lowest BCUT2D eigenvalue weighted by molar-refractivity contribution is -0.440. The van der Waals surface area contributed by atoms with E-state index in [4.69, 9.17) is 5.11 Å². The van der Waals surface area contributed by atoms with E-state index in [-0.39, 0.29) is 6.92 Å². The van der Waals surface area contributed by atoms with Gasteiger partial charge >= 0.3 is 65.4 Å². The van der Waals surface area contributed by atoms with E-state index < -0.39 is 111 Å². The molecule has 0 radical (unpaired) electrons. The Bertz CT molecular complexity index is 999. The molecule has 0 saturated heterocycles. The summed E-state index contributed by atoms with van der Waals surface area (Å²) in [7, 11) is 0. The molecule has 45 heavy (non-hydrogen) atoms. The molecule has 1 unspecified atom stereocenters. The Balaban J connectivity index is 5.81. The van der Waals surface area contributed by atoms with Gasteiger partial charge in [-0.1, -0.05) is 0 Å². The van der Waals surface area contributed by atoms with Crippen molar-refractivity contribution in [1.82, 2.24) is 0 Å². The van der Waals surface area contributed by atoms with Crippen molar-refractivity contribution in [2.24, 2.45) is 0 Å². The summed E-state index contributed by atoms with van der Waals surface area (Å²) in [6.07, 6.45) is -13.6. The van der Waals surface area contributed by atoms with Crippen LogP contribution in [0.2, 0.25) is 0 Å². The Morgan fingerprint density at radius 3 is 0.911 bits per heavy atom. The highest BCUT2D eigenvalue weighted by molar-refractivity contribution is 5.10. The molecule has 3 nitrogen and oxygen atoms in total. The number of aliphatic hydroxyl groups is 1. The molecule has 0 spiro atoms. The molecule has 0 bridgehead atoms. The normalized spacial score (nSPS) is 17.5. The molecule has 0 fully saturated rings. The molecule has 0 aromatic carbocycles. The van der Waals surface area contributed by atoms with Crippen LogP contribution < -0.4 is 0 Å². The maximum absolute atomic E-state index is 13.8. The second-order valence-corrected chi connectivity index (χ2v) is 9.30. The first-order valence-electron chi connectivity index (χ1n) is 11.0. The Hall–Kier alpha value is -1.73. The van der Waals surface area contributed by atoms with Crippen molar-refractivity contribution >= 4 is 0 Å². The van der Waals surface area contributed by atoms with E-state index in [0.717, 1.165) is 0 Å². The quantitative estimate of drug-likeness (QED) is 0.121. The minimum absolute atomic E-state index is 0.173. The Morgan fingerprint density at radius 2 is 0.667 bits per heavy atom. The summed E-state index contributed by atoms with van der Waals surface area (Å²) in [6, 6.07) is 0. The lowest BCUT2D eigenvalue weighted by atomic mass is 9.93. The van der Waals surface area contributed by atoms with Crippen molar-refractivity contribution in [3.05, 3.63) is 0 Å². The van der Waals surface area contributed by atoms with Gasteiger partial charge in [0, 0.05) is 19.8 Å². The fourth-order valence-electron chi connectivity index (χ4n) is 2.74. The van der Waals surface area contributed by atoms with Crippen LogP contribution in [-0.4, -0.2) is 96.1 Å². The van der Waals surface area contributed by atoms with E-state index in [0.29, 0.717) is 0 Å². The first-order valence-corrected chi connectivity index (χ1v) is 11.0. The largest absolute Gasteiger partial charge is 0.460 e. The monoisotopic (exact) mass is 730 g/mol. The number of alkyl halides is 23. The van der Waals surface area contributed by atoms with E-state index in [1.54, 1.807) is 0 Å². The average molecular weight is 730 g/mol. The van der Waals surface area contributed by atoms with Gasteiger partial charge in [0.1, 0.15) is 0 Å². The zero-order valence-electron chi connectivity index (χ0n) is 21.5. The van der Waals surface area contributed by atoms with Crippen molar-refractivity contribution < 1.29 is 116 Å². The second-order valence-electron chi connectivity index (χ2n) is 9.30. The van der Waals surface area contributed by atoms with Gasteiger partial charge in [-0.2, -0.15) is 101 Å². The average Bonchev–Trinajstić information content (AvgIpc) is 2.81. The standard InChI is InChI=1S/C19H17F23O3/c1-8(7-43,44-5-3-10(22,23)13(28,29)15(32,33)12(26,27)9(2,20)21)45-6-4-11(24,25)14(30,31)16(34,35)17(36,37)18(38,39)19(40,41)42/h43H,3-7H2,1-2H3. The molecular formula is C19H17F23O3. The number of rotatable bonds is 17. The summed E-state index contributed by atoms with van der Waals surface area (Å²) in [5, 5.41) is 9.06. The predicted octanol–water partition coefficient (Wildman–Crippen LogP) is 8.44. The number of aliphatic hydroxyl groups excluding tert-OH is 1. The molecule has 0 heterocycles. The third-order valence-corrected chi connectivity index (χ3v) is 5.73. The highest BCUT2D eigenvalue weighted by Gasteiger charge is 2.90. The van der Waals surface area contributed by atoms with E-state index in [9.17, 15) is 101 Å². The van der Waals surface area contributed by atoms with Gasteiger partial charge in [-0.05, 0) is 6.92 Å². The van der Waals surface area contributed by atoms with Crippen molar-refractivity contribution in [3.63, 3.8) is 0 Å². The molecule has 1 atom stereocenters.